The molecule has 17 heavy (non-hydrogen) atoms. The van der Waals surface area contributed by atoms with Crippen molar-refractivity contribution in [1.82, 2.24) is 9.97 Å². The molecule has 0 unspecified atom stereocenters. The maximum absolute atomic E-state index is 11.9. The number of rotatable bonds is 2. The van der Waals surface area contributed by atoms with Gasteiger partial charge in [-0.05, 0) is 30.7 Å². The molecule has 2 aromatic heterocycles. The lowest BCUT2D eigenvalue weighted by Gasteiger charge is -2.06. The number of nitrogens with two attached hydrogens (primary N) is 1. The number of aromatic nitrogens is 2. The Morgan fingerprint density at radius 3 is 2.94 bits per heavy atom. The first kappa shape index (κ1) is 11.1. The van der Waals surface area contributed by atoms with Gasteiger partial charge < -0.3 is 11.1 Å². The summed E-state index contributed by atoms with van der Waals surface area (Å²) in [6.07, 6.45) is 4.76. The van der Waals surface area contributed by atoms with Crippen LogP contribution in [0.3, 0.4) is 0 Å². The molecule has 0 spiro atoms. The monoisotopic (exact) mass is 228 g/mol. The molecule has 5 heteroatoms. The van der Waals surface area contributed by atoms with Crippen LogP contribution in [0.1, 0.15) is 15.9 Å². The van der Waals surface area contributed by atoms with Gasteiger partial charge in [0, 0.05) is 18.6 Å². The number of hydrogen-bond acceptors (Lipinski definition) is 4. The third kappa shape index (κ3) is 2.57. The van der Waals surface area contributed by atoms with Crippen LogP contribution in [-0.4, -0.2) is 15.9 Å². The number of nitrogens with zero attached hydrogens (tertiary/aromatic N) is 2. The Bertz CT molecular complexity index is 554. The Hall–Kier alpha value is -2.43. The van der Waals surface area contributed by atoms with Crippen molar-refractivity contribution in [3.8, 4) is 0 Å². The summed E-state index contributed by atoms with van der Waals surface area (Å²) in [6, 6.07) is 5.14. The molecule has 1 amide bonds. The van der Waals surface area contributed by atoms with Gasteiger partial charge in [0.15, 0.2) is 5.82 Å². The van der Waals surface area contributed by atoms with Crippen LogP contribution in [0.4, 0.5) is 11.5 Å². The van der Waals surface area contributed by atoms with Crippen molar-refractivity contribution >= 4 is 17.4 Å². The van der Waals surface area contributed by atoms with E-state index < -0.39 is 0 Å². The van der Waals surface area contributed by atoms with Crippen molar-refractivity contribution in [2.75, 3.05) is 11.1 Å². The quantitative estimate of drug-likeness (QED) is 0.818. The average molecular weight is 228 g/mol. The summed E-state index contributed by atoms with van der Waals surface area (Å²) in [6.45, 7) is 1.87. The van der Waals surface area contributed by atoms with E-state index in [1.165, 1.54) is 6.20 Å². The standard InChI is InChI=1S/C12H12N4O/c1-8-5-9(7-14-6-8)12(17)16-11-10(13)3-2-4-15-11/h2-7H,13H2,1H3,(H,15,16,17). The van der Waals surface area contributed by atoms with Gasteiger partial charge in [-0.1, -0.05) is 0 Å². The van der Waals surface area contributed by atoms with E-state index in [9.17, 15) is 4.79 Å². The minimum Gasteiger partial charge on any atom is -0.396 e. The minimum absolute atomic E-state index is 0.272. The number of amides is 1. The van der Waals surface area contributed by atoms with Gasteiger partial charge in [0.2, 0.25) is 0 Å². The molecular weight excluding hydrogens is 216 g/mol. The summed E-state index contributed by atoms with van der Waals surface area (Å²) in [5, 5.41) is 2.64. The molecule has 3 N–H and O–H groups in total. The molecule has 0 bridgehead atoms. The smallest absolute Gasteiger partial charge is 0.258 e. The van der Waals surface area contributed by atoms with Crippen molar-refractivity contribution < 1.29 is 4.79 Å². The van der Waals surface area contributed by atoms with Crippen LogP contribution in [0, 0.1) is 6.92 Å². The number of pyridine rings is 2. The molecule has 2 heterocycles. The van der Waals surface area contributed by atoms with Crippen LogP contribution in [0.15, 0.2) is 36.8 Å². The van der Waals surface area contributed by atoms with Crippen LogP contribution >= 0.6 is 0 Å². The van der Waals surface area contributed by atoms with Gasteiger partial charge in [-0.2, -0.15) is 0 Å². The van der Waals surface area contributed by atoms with Crippen molar-refractivity contribution in [1.29, 1.82) is 0 Å². The molecule has 5 nitrogen and oxygen atoms in total. The van der Waals surface area contributed by atoms with E-state index in [4.69, 9.17) is 5.73 Å². The second-order valence-corrected chi connectivity index (χ2v) is 3.65. The summed E-state index contributed by atoms with van der Waals surface area (Å²) < 4.78 is 0. The Kier molecular flexibility index (Phi) is 3.00. The van der Waals surface area contributed by atoms with Gasteiger partial charge in [0.05, 0.1) is 11.3 Å². The van der Waals surface area contributed by atoms with E-state index in [2.05, 4.69) is 15.3 Å². The zero-order valence-corrected chi connectivity index (χ0v) is 9.34. The number of nitrogens with one attached hydrogen (secondary N) is 1. The first-order valence-corrected chi connectivity index (χ1v) is 5.10. The van der Waals surface area contributed by atoms with Crippen molar-refractivity contribution in [2.45, 2.75) is 6.92 Å². The highest BCUT2D eigenvalue weighted by Crippen LogP contribution is 2.14. The molecule has 86 valence electrons. The number of hydrogen-bond donors (Lipinski definition) is 2. The molecule has 0 saturated carbocycles. The summed E-state index contributed by atoms with van der Waals surface area (Å²) in [7, 11) is 0. The Morgan fingerprint density at radius 2 is 2.24 bits per heavy atom. The predicted molar refractivity (Wildman–Crippen MR) is 65.6 cm³/mol. The average Bonchev–Trinajstić information content (AvgIpc) is 2.32. The molecule has 2 aromatic rings. The molecule has 0 atom stereocenters. The zero-order chi connectivity index (χ0) is 12.3. The van der Waals surface area contributed by atoms with Crippen LogP contribution in [0.5, 0.6) is 0 Å². The minimum atomic E-state index is -0.272. The van der Waals surface area contributed by atoms with Crippen LogP contribution in [0.25, 0.3) is 0 Å². The Balaban J connectivity index is 2.20. The molecule has 2 rings (SSSR count). The number of nitrogen functional groups attached to an aromatic ring is 1. The van der Waals surface area contributed by atoms with E-state index in [1.807, 2.05) is 6.92 Å². The van der Waals surface area contributed by atoms with Crippen LogP contribution < -0.4 is 11.1 Å². The highest BCUT2D eigenvalue weighted by Gasteiger charge is 2.08. The maximum atomic E-state index is 11.9. The topological polar surface area (TPSA) is 80.9 Å². The zero-order valence-electron chi connectivity index (χ0n) is 9.34. The summed E-state index contributed by atoms with van der Waals surface area (Å²) in [4.78, 5) is 19.8. The normalized spacial score (nSPS) is 9.94. The van der Waals surface area contributed by atoms with Gasteiger partial charge in [0.25, 0.3) is 5.91 Å². The van der Waals surface area contributed by atoms with E-state index >= 15 is 0 Å². The molecule has 0 aliphatic heterocycles. The molecule has 0 aliphatic rings. The number of aryl methyl sites for hydroxylation is 1. The summed E-state index contributed by atoms with van der Waals surface area (Å²) in [5.74, 6) is 0.0885. The third-order valence-electron chi connectivity index (χ3n) is 2.21. The van der Waals surface area contributed by atoms with Crippen molar-refractivity contribution in [3.05, 3.63) is 47.9 Å². The molecular formula is C12H12N4O. The van der Waals surface area contributed by atoms with Crippen molar-refractivity contribution in [2.24, 2.45) is 0 Å². The lowest BCUT2D eigenvalue weighted by molar-refractivity contribution is 0.102. The Labute approximate surface area is 98.7 Å². The maximum Gasteiger partial charge on any atom is 0.258 e. The fourth-order valence-corrected chi connectivity index (χ4v) is 1.38. The lowest BCUT2D eigenvalue weighted by atomic mass is 10.2. The van der Waals surface area contributed by atoms with E-state index in [1.54, 1.807) is 30.6 Å². The van der Waals surface area contributed by atoms with Crippen LogP contribution in [0.2, 0.25) is 0 Å². The second kappa shape index (κ2) is 4.61. The SMILES string of the molecule is Cc1cncc(C(=O)Nc2ncccc2N)c1. The Morgan fingerprint density at radius 1 is 1.41 bits per heavy atom. The largest absolute Gasteiger partial charge is 0.396 e. The predicted octanol–water partition coefficient (Wildman–Crippen LogP) is 1.62. The van der Waals surface area contributed by atoms with Gasteiger partial charge in [-0.3, -0.25) is 9.78 Å². The van der Waals surface area contributed by atoms with Crippen molar-refractivity contribution in [3.63, 3.8) is 0 Å². The van der Waals surface area contributed by atoms with Gasteiger partial charge in [0.1, 0.15) is 0 Å². The number of carbonyl (C=O) groups excluding carboxylic acids is 1. The highest BCUT2D eigenvalue weighted by atomic mass is 16.1. The number of anilines is 2. The van der Waals surface area contributed by atoms with Gasteiger partial charge >= 0.3 is 0 Å². The third-order valence-corrected chi connectivity index (χ3v) is 2.21. The molecule has 0 radical (unpaired) electrons. The summed E-state index contributed by atoms with van der Waals surface area (Å²) in [5.41, 5.74) is 7.52. The molecule has 0 saturated heterocycles. The molecule has 0 aromatic carbocycles. The van der Waals surface area contributed by atoms with E-state index in [-0.39, 0.29) is 5.91 Å². The molecule has 0 aliphatic carbocycles. The fraction of sp³-hybridized carbons (Fsp3) is 0.0833. The van der Waals surface area contributed by atoms with Gasteiger partial charge in [-0.15, -0.1) is 0 Å². The van der Waals surface area contributed by atoms with Gasteiger partial charge in [-0.25, -0.2) is 4.98 Å². The first-order valence-electron chi connectivity index (χ1n) is 5.10. The fourth-order valence-electron chi connectivity index (χ4n) is 1.38. The number of carbonyl (C=O) groups is 1. The van der Waals surface area contributed by atoms with E-state index in [0.717, 1.165) is 5.56 Å². The van der Waals surface area contributed by atoms with E-state index in [0.29, 0.717) is 17.1 Å². The molecule has 0 fully saturated rings. The lowest BCUT2D eigenvalue weighted by Crippen LogP contribution is -2.14. The summed E-state index contributed by atoms with van der Waals surface area (Å²) >= 11 is 0. The first-order chi connectivity index (χ1) is 8.16. The highest BCUT2D eigenvalue weighted by molar-refractivity contribution is 6.04. The van der Waals surface area contributed by atoms with Crippen LogP contribution in [-0.2, 0) is 0 Å². The second-order valence-electron chi connectivity index (χ2n) is 3.65.